The highest BCUT2D eigenvalue weighted by Gasteiger charge is 2.11. The lowest BCUT2D eigenvalue weighted by Crippen LogP contribution is -2.37. The average molecular weight is 428 g/mol. The molecule has 0 fully saturated rings. The van der Waals surface area contributed by atoms with Gasteiger partial charge in [-0.2, -0.15) is 5.10 Å². The molecule has 3 N–H and O–H groups in total. The predicted octanol–water partition coefficient (Wildman–Crippen LogP) is 1.60. The van der Waals surface area contributed by atoms with Crippen molar-refractivity contribution >= 4 is 29.6 Å². The van der Waals surface area contributed by atoms with Gasteiger partial charge in [0, 0.05) is 12.2 Å². The Kier molecular flexibility index (Phi) is 8.72. The summed E-state index contributed by atoms with van der Waals surface area (Å²) in [5.41, 5.74) is 3.08. The average Bonchev–Trinajstić information content (AvgIpc) is 2.77. The first-order chi connectivity index (χ1) is 14.9. The van der Waals surface area contributed by atoms with E-state index in [2.05, 4.69) is 27.7 Å². The van der Waals surface area contributed by atoms with E-state index in [4.69, 9.17) is 9.47 Å². The molecule has 0 aliphatic rings. The Bertz CT molecular complexity index is 976. The van der Waals surface area contributed by atoms with Crippen molar-refractivity contribution in [3.63, 3.8) is 0 Å². The molecular formula is C21H21FN4O5. The van der Waals surface area contributed by atoms with Crippen LogP contribution < -0.4 is 25.5 Å². The molecule has 0 aliphatic carbocycles. The molecule has 0 atom stereocenters. The number of hydrazone groups is 1. The summed E-state index contributed by atoms with van der Waals surface area (Å²) in [4.78, 5) is 34.9. The van der Waals surface area contributed by atoms with Gasteiger partial charge >= 0.3 is 11.8 Å². The monoisotopic (exact) mass is 428 g/mol. The first kappa shape index (κ1) is 23.1. The third kappa shape index (κ3) is 7.61. The van der Waals surface area contributed by atoms with E-state index in [1.807, 2.05) is 0 Å². The van der Waals surface area contributed by atoms with Gasteiger partial charge in [0.25, 0.3) is 5.91 Å². The molecule has 0 saturated carbocycles. The Balaban J connectivity index is 1.91. The summed E-state index contributed by atoms with van der Waals surface area (Å²) in [6, 6.07) is 10.1. The number of anilines is 1. The van der Waals surface area contributed by atoms with Crippen LogP contribution in [0.1, 0.15) is 5.56 Å². The van der Waals surface area contributed by atoms with Gasteiger partial charge < -0.3 is 20.1 Å². The first-order valence-electron chi connectivity index (χ1n) is 9.01. The van der Waals surface area contributed by atoms with Crippen molar-refractivity contribution in [2.75, 3.05) is 25.6 Å². The number of hydrogen-bond acceptors (Lipinski definition) is 6. The molecule has 0 radical (unpaired) electrons. The van der Waals surface area contributed by atoms with Gasteiger partial charge in [-0.25, -0.2) is 9.82 Å². The fraction of sp³-hybridized carbons (Fsp3) is 0.143. The summed E-state index contributed by atoms with van der Waals surface area (Å²) >= 11 is 0. The normalized spacial score (nSPS) is 10.3. The van der Waals surface area contributed by atoms with Crippen LogP contribution in [0.4, 0.5) is 10.1 Å². The molecular weight excluding hydrogens is 407 g/mol. The minimum Gasteiger partial charge on any atom is -0.493 e. The van der Waals surface area contributed by atoms with E-state index in [0.29, 0.717) is 22.7 Å². The van der Waals surface area contributed by atoms with Crippen LogP contribution in [0.25, 0.3) is 0 Å². The van der Waals surface area contributed by atoms with Gasteiger partial charge in [-0.15, -0.1) is 6.58 Å². The lowest BCUT2D eigenvalue weighted by molar-refractivity contribution is -0.139. The largest absolute Gasteiger partial charge is 0.493 e. The molecule has 0 bridgehead atoms. The lowest BCUT2D eigenvalue weighted by atomic mass is 10.2. The molecule has 3 amide bonds. The number of carbonyl (C=O) groups excluding carboxylic acids is 3. The maximum Gasteiger partial charge on any atom is 0.329 e. The number of carbonyl (C=O) groups is 3. The zero-order valence-electron chi connectivity index (χ0n) is 16.7. The minimum atomic E-state index is -0.919. The maximum absolute atomic E-state index is 12.9. The molecule has 2 aromatic carbocycles. The van der Waals surface area contributed by atoms with E-state index in [-0.39, 0.29) is 13.2 Å². The fourth-order valence-corrected chi connectivity index (χ4v) is 2.22. The van der Waals surface area contributed by atoms with E-state index in [0.717, 1.165) is 0 Å². The molecule has 0 spiro atoms. The topological polar surface area (TPSA) is 118 Å². The molecule has 0 aliphatic heterocycles. The number of rotatable bonds is 9. The molecule has 10 heteroatoms. The third-order valence-corrected chi connectivity index (χ3v) is 3.67. The van der Waals surface area contributed by atoms with E-state index in [1.54, 1.807) is 18.2 Å². The van der Waals surface area contributed by atoms with E-state index >= 15 is 0 Å². The smallest absolute Gasteiger partial charge is 0.329 e. The highest BCUT2D eigenvalue weighted by molar-refractivity contribution is 6.35. The summed E-state index contributed by atoms with van der Waals surface area (Å²) in [6.07, 6.45) is 2.75. The van der Waals surface area contributed by atoms with Gasteiger partial charge in [-0.1, -0.05) is 6.08 Å². The second-order valence-corrected chi connectivity index (χ2v) is 5.95. The number of nitrogens with zero attached hydrogens (tertiary/aromatic N) is 1. The van der Waals surface area contributed by atoms with Gasteiger partial charge in [-0.05, 0) is 48.0 Å². The zero-order valence-corrected chi connectivity index (χ0v) is 16.7. The number of nitrogens with one attached hydrogen (secondary N) is 3. The van der Waals surface area contributed by atoms with Crippen LogP contribution in [-0.2, 0) is 14.4 Å². The predicted molar refractivity (Wildman–Crippen MR) is 112 cm³/mol. The van der Waals surface area contributed by atoms with E-state index < -0.39 is 23.5 Å². The molecule has 0 aromatic heterocycles. The Hall–Kier alpha value is -4.21. The van der Waals surface area contributed by atoms with Crippen LogP contribution in [0.2, 0.25) is 0 Å². The van der Waals surface area contributed by atoms with E-state index in [9.17, 15) is 18.8 Å². The first-order valence-corrected chi connectivity index (χ1v) is 9.01. The number of amides is 3. The SMILES string of the molecule is C=CCNC(=O)C(=O)N/N=C\c1ccc(OCC(=O)Nc2ccc(F)cc2)c(OC)c1. The van der Waals surface area contributed by atoms with Crippen LogP contribution in [0.3, 0.4) is 0 Å². The lowest BCUT2D eigenvalue weighted by Gasteiger charge is -2.11. The van der Waals surface area contributed by atoms with Crippen LogP contribution >= 0.6 is 0 Å². The molecule has 162 valence electrons. The summed E-state index contributed by atoms with van der Waals surface area (Å²) in [6.45, 7) is 3.30. The van der Waals surface area contributed by atoms with Crippen LogP contribution in [0.15, 0.2) is 60.2 Å². The van der Waals surface area contributed by atoms with Gasteiger partial charge in [0.15, 0.2) is 18.1 Å². The fourth-order valence-electron chi connectivity index (χ4n) is 2.22. The summed E-state index contributed by atoms with van der Waals surface area (Å²) in [5, 5.41) is 8.60. The van der Waals surface area contributed by atoms with Crippen LogP contribution in [0.5, 0.6) is 11.5 Å². The maximum atomic E-state index is 12.9. The number of methoxy groups -OCH3 is 1. The molecule has 0 unspecified atom stereocenters. The van der Waals surface area contributed by atoms with Crippen LogP contribution in [-0.4, -0.2) is 44.2 Å². The summed E-state index contributed by atoms with van der Waals surface area (Å²) < 4.78 is 23.6. The number of benzene rings is 2. The molecule has 2 rings (SSSR count). The van der Waals surface area contributed by atoms with Crippen LogP contribution in [0, 0.1) is 5.82 Å². The van der Waals surface area contributed by atoms with Crippen molar-refractivity contribution in [1.29, 1.82) is 0 Å². The van der Waals surface area contributed by atoms with Crippen molar-refractivity contribution in [3.8, 4) is 11.5 Å². The van der Waals surface area contributed by atoms with E-state index in [1.165, 1.54) is 43.7 Å². The minimum absolute atomic E-state index is 0.163. The van der Waals surface area contributed by atoms with Gasteiger partial charge in [-0.3, -0.25) is 14.4 Å². The highest BCUT2D eigenvalue weighted by Crippen LogP contribution is 2.27. The second-order valence-electron chi connectivity index (χ2n) is 5.95. The molecule has 2 aromatic rings. The van der Waals surface area contributed by atoms with Crippen molar-refractivity contribution in [3.05, 3.63) is 66.5 Å². The van der Waals surface area contributed by atoms with Crippen molar-refractivity contribution in [2.45, 2.75) is 0 Å². The highest BCUT2D eigenvalue weighted by atomic mass is 19.1. The zero-order chi connectivity index (χ0) is 22.6. The molecule has 0 heterocycles. The van der Waals surface area contributed by atoms with Gasteiger partial charge in [0.05, 0.1) is 13.3 Å². The summed E-state index contributed by atoms with van der Waals surface area (Å²) in [7, 11) is 1.42. The third-order valence-electron chi connectivity index (χ3n) is 3.67. The quantitative estimate of drug-likeness (QED) is 0.243. The Morgan fingerprint density at radius 2 is 1.84 bits per heavy atom. The van der Waals surface area contributed by atoms with Gasteiger partial charge in [0.2, 0.25) is 0 Å². The summed E-state index contributed by atoms with van der Waals surface area (Å²) in [5.74, 6) is -1.96. The number of ether oxygens (including phenoxy) is 2. The molecule has 9 nitrogen and oxygen atoms in total. The van der Waals surface area contributed by atoms with Crippen molar-refractivity contribution in [2.24, 2.45) is 5.10 Å². The Morgan fingerprint density at radius 1 is 1.10 bits per heavy atom. The second kappa shape index (κ2) is 11.7. The number of halogens is 1. The van der Waals surface area contributed by atoms with Gasteiger partial charge in [0.1, 0.15) is 5.82 Å². The van der Waals surface area contributed by atoms with Crippen molar-refractivity contribution in [1.82, 2.24) is 10.7 Å². The number of hydrogen-bond donors (Lipinski definition) is 3. The Labute approximate surface area is 177 Å². The standard InChI is InChI=1S/C21H21FN4O5/c1-3-10-23-20(28)21(29)26-24-12-14-4-9-17(18(11-14)30-2)31-13-19(27)25-16-7-5-15(22)6-8-16/h3-9,11-12H,1,10,13H2,2H3,(H,23,28)(H,25,27)(H,26,29)/b24-12-. The Morgan fingerprint density at radius 3 is 2.52 bits per heavy atom. The molecule has 0 saturated heterocycles. The molecule has 31 heavy (non-hydrogen) atoms. The van der Waals surface area contributed by atoms with Crippen molar-refractivity contribution < 1.29 is 28.2 Å².